The summed E-state index contributed by atoms with van der Waals surface area (Å²) in [5.41, 5.74) is 0.785. The molecular weight excluding hydrogens is 248 g/mol. The zero-order valence-electron chi connectivity index (χ0n) is 11.2. The van der Waals surface area contributed by atoms with Gasteiger partial charge in [-0.15, -0.1) is 0 Å². The lowest BCUT2D eigenvalue weighted by atomic mass is 9.99. The van der Waals surface area contributed by atoms with Crippen LogP contribution in [0.3, 0.4) is 0 Å². The molecule has 0 spiro atoms. The van der Waals surface area contributed by atoms with Crippen molar-refractivity contribution in [2.75, 3.05) is 0 Å². The van der Waals surface area contributed by atoms with E-state index in [0.29, 0.717) is 18.5 Å². The molecule has 0 saturated heterocycles. The van der Waals surface area contributed by atoms with Gasteiger partial charge in [0.05, 0.1) is 0 Å². The van der Waals surface area contributed by atoms with Gasteiger partial charge in [-0.05, 0) is 31.7 Å². The highest BCUT2D eigenvalue weighted by Crippen LogP contribution is 2.28. The summed E-state index contributed by atoms with van der Waals surface area (Å²) in [7, 11) is 0. The van der Waals surface area contributed by atoms with Crippen LogP contribution in [0.25, 0.3) is 0 Å². The molecule has 2 nitrogen and oxygen atoms in total. The van der Waals surface area contributed by atoms with E-state index in [1.807, 2.05) is 12.1 Å². The molecule has 0 aromatic heterocycles. The molecule has 0 unspecified atom stereocenters. The standard InChI is InChI=1S/C15H21F2NO/c1-11(12-6-2-3-7-12)18-10-13-8-4-5-9-14(13)19-15(16)17/h4-5,8-9,11-12,15,18H,2-3,6-7,10H2,1H3/t11-/m1/s1. The van der Waals surface area contributed by atoms with Crippen molar-refractivity contribution in [3.63, 3.8) is 0 Å². The van der Waals surface area contributed by atoms with Gasteiger partial charge in [-0.25, -0.2) is 0 Å². The molecule has 1 aromatic carbocycles. The van der Waals surface area contributed by atoms with Gasteiger partial charge in [-0.1, -0.05) is 31.0 Å². The SMILES string of the molecule is C[C@@H](NCc1ccccc1OC(F)F)C1CCCC1. The van der Waals surface area contributed by atoms with Crippen molar-refractivity contribution in [2.24, 2.45) is 5.92 Å². The lowest BCUT2D eigenvalue weighted by Crippen LogP contribution is -2.31. The number of rotatable bonds is 6. The van der Waals surface area contributed by atoms with Crippen molar-refractivity contribution in [3.05, 3.63) is 29.8 Å². The van der Waals surface area contributed by atoms with Gasteiger partial charge < -0.3 is 10.1 Å². The predicted molar refractivity (Wildman–Crippen MR) is 71.3 cm³/mol. The Morgan fingerprint density at radius 3 is 2.63 bits per heavy atom. The molecule has 1 aromatic rings. The van der Waals surface area contributed by atoms with Crippen LogP contribution in [0, 0.1) is 5.92 Å². The molecule has 19 heavy (non-hydrogen) atoms. The summed E-state index contributed by atoms with van der Waals surface area (Å²) in [4.78, 5) is 0. The predicted octanol–water partition coefficient (Wildman–Crippen LogP) is 3.96. The van der Waals surface area contributed by atoms with Gasteiger partial charge in [0.25, 0.3) is 0 Å². The van der Waals surface area contributed by atoms with Crippen LogP contribution in [0.15, 0.2) is 24.3 Å². The van der Waals surface area contributed by atoms with Crippen molar-refractivity contribution in [2.45, 2.75) is 51.8 Å². The fourth-order valence-electron chi connectivity index (χ4n) is 2.76. The molecular formula is C15H21F2NO. The number of hydrogen-bond acceptors (Lipinski definition) is 2. The van der Waals surface area contributed by atoms with E-state index in [-0.39, 0.29) is 5.75 Å². The normalized spacial score (nSPS) is 17.9. The Kier molecular flexibility index (Phi) is 5.14. The molecule has 0 aliphatic heterocycles. The van der Waals surface area contributed by atoms with Crippen LogP contribution in [0.4, 0.5) is 8.78 Å². The summed E-state index contributed by atoms with van der Waals surface area (Å²) in [6.45, 7) is -0.0268. The Labute approximate surface area is 113 Å². The number of nitrogens with one attached hydrogen (secondary N) is 1. The smallest absolute Gasteiger partial charge is 0.387 e. The highest BCUT2D eigenvalue weighted by atomic mass is 19.3. The van der Waals surface area contributed by atoms with Gasteiger partial charge in [0.1, 0.15) is 5.75 Å². The first-order valence-electron chi connectivity index (χ1n) is 6.93. The zero-order valence-corrected chi connectivity index (χ0v) is 11.2. The molecule has 0 amide bonds. The summed E-state index contributed by atoms with van der Waals surface area (Å²) in [6, 6.07) is 7.38. The fraction of sp³-hybridized carbons (Fsp3) is 0.600. The first-order valence-corrected chi connectivity index (χ1v) is 6.93. The number of para-hydroxylation sites is 1. The topological polar surface area (TPSA) is 21.3 Å². The molecule has 1 atom stereocenters. The maximum atomic E-state index is 12.3. The van der Waals surface area contributed by atoms with Crippen LogP contribution >= 0.6 is 0 Å². The van der Waals surface area contributed by atoms with Crippen LogP contribution in [-0.2, 0) is 6.54 Å². The number of halogens is 2. The fourth-order valence-corrected chi connectivity index (χ4v) is 2.76. The van der Waals surface area contributed by atoms with Crippen molar-refractivity contribution in [3.8, 4) is 5.75 Å². The van der Waals surface area contributed by atoms with E-state index in [4.69, 9.17) is 0 Å². The molecule has 1 aliphatic rings. The van der Waals surface area contributed by atoms with Gasteiger partial charge in [-0.2, -0.15) is 8.78 Å². The monoisotopic (exact) mass is 269 g/mol. The van der Waals surface area contributed by atoms with Crippen molar-refractivity contribution in [1.29, 1.82) is 0 Å². The second-order valence-electron chi connectivity index (χ2n) is 5.20. The highest BCUT2D eigenvalue weighted by Gasteiger charge is 2.21. The lowest BCUT2D eigenvalue weighted by Gasteiger charge is -2.21. The largest absolute Gasteiger partial charge is 0.434 e. The van der Waals surface area contributed by atoms with Crippen molar-refractivity contribution < 1.29 is 13.5 Å². The van der Waals surface area contributed by atoms with Gasteiger partial charge in [0.15, 0.2) is 0 Å². The van der Waals surface area contributed by atoms with Crippen LogP contribution in [-0.4, -0.2) is 12.7 Å². The summed E-state index contributed by atoms with van der Waals surface area (Å²) >= 11 is 0. The number of alkyl halides is 2. The minimum absolute atomic E-state index is 0.267. The van der Waals surface area contributed by atoms with Crippen molar-refractivity contribution in [1.82, 2.24) is 5.32 Å². The lowest BCUT2D eigenvalue weighted by molar-refractivity contribution is -0.0505. The quantitative estimate of drug-likeness (QED) is 0.844. The Bertz CT molecular complexity index is 391. The number of ether oxygens (including phenoxy) is 1. The van der Waals surface area contributed by atoms with E-state index in [1.54, 1.807) is 12.1 Å². The Morgan fingerprint density at radius 1 is 1.26 bits per heavy atom. The minimum atomic E-state index is -2.77. The van der Waals surface area contributed by atoms with Crippen LogP contribution in [0.5, 0.6) is 5.75 Å². The first kappa shape index (κ1) is 14.3. The van der Waals surface area contributed by atoms with E-state index in [9.17, 15) is 8.78 Å². The minimum Gasteiger partial charge on any atom is -0.434 e. The van der Waals surface area contributed by atoms with E-state index < -0.39 is 6.61 Å². The van der Waals surface area contributed by atoms with Gasteiger partial charge in [0.2, 0.25) is 0 Å². The van der Waals surface area contributed by atoms with Gasteiger partial charge in [-0.3, -0.25) is 0 Å². The second kappa shape index (κ2) is 6.85. The van der Waals surface area contributed by atoms with Gasteiger partial charge in [0, 0.05) is 18.2 Å². The molecule has 0 bridgehead atoms. The maximum absolute atomic E-state index is 12.3. The third-order valence-corrected chi connectivity index (χ3v) is 3.91. The molecule has 0 radical (unpaired) electrons. The van der Waals surface area contributed by atoms with E-state index >= 15 is 0 Å². The average molecular weight is 269 g/mol. The van der Waals surface area contributed by atoms with Crippen LogP contribution < -0.4 is 10.1 Å². The Balaban J connectivity index is 1.91. The molecule has 1 aliphatic carbocycles. The van der Waals surface area contributed by atoms with Crippen LogP contribution in [0.1, 0.15) is 38.2 Å². The summed E-state index contributed by atoms with van der Waals surface area (Å²) in [6.07, 6.45) is 5.15. The van der Waals surface area contributed by atoms with Crippen LogP contribution in [0.2, 0.25) is 0 Å². The molecule has 1 fully saturated rings. The molecule has 4 heteroatoms. The molecule has 1 saturated carbocycles. The van der Waals surface area contributed by atoms with Gasteiger partial charge >= 0.3 is 6.61 Å². The molecule has 0 heterocycles. The third-order valence-electron chi connectivity index (χ3n) is 3.91. The second-order valence-corrected chi connectivity index (χ2v) is 5.20. The maximum Gasteiger partial charge on any atom is 0.387 e. The van der Waals surface area contributed by atoms with E-state index in [0.717, 1.165) is 5.56 Å². The zero-order chi connectivity index (χ0) is 13.7. The summed E-state index contributed by atoms with van der Waals surface area (Å²) in [5.74, 6) is 0.979. The summed E-state index contributed by atoms with van der Waals surface area (Å²) < 4.78 is 29.1. The summed E-state index contributed by atoms with van der Waals surface area (Å²) in [5, 5.41) is 3.43. The molecule has 2 rings (SSSR count). The highest BCUT2D eigenvalue weighted by molar-refractivity contribution is 5.33. The van der Waals surface area contributed by atoms with E-state index in [2.05, 4.69) is 17.0 Å². The first-order chi connectivity index (χ1) is 9.16. The third kappa shape index (κ3) is 4.16. The number of hydrogen-bond donors (Lipinski definition) is 1. The average Bonchev–Trinajstić information content (AvgIpc) is 2.90. The van der Waals surface area contributed by atoms with Crippen molar-refractivity contribution >= 4 is 0 Å². The Morgan fingerprint density at radius 2 is 1.95 bits per heavy atom. The van der Waals surface area contributed by atoms with E-state index in [1.165, 1.54) is 25.7 Å². The Hall–Kier alpha value is -1.16. The number of benzene rings is 1. The molecule has 106 valence electrons. The molecule has 1 N–H and O–H groups in total.